The van der Waals surface area contributed by atoms with Crippen LogP contribution >= 0.6 is 11.6 Å². The second kappa shape index (κ2) is 7.91. The van der Waals surface area contributed by atoms with Crippen molar-refractivity contribution in [1.82, 2.24) is 5.32 Å². The molecule has 2 rings (SSSR count). The molecule has 2 heteroatoms. The normalized spacial score (nSPS) is 18.4. The summed E-state index contributed by atoms with van der Waals surface area (Å²) in [6, 6.07) is 10.7. The van der Waals surface area contributed by atoms with Gasteiger partial charge in [-0.1, -0.05) is 49.6 Å². The van der Waals surface area contributed by atoms with E-state index in [1.165, 1.54) is 50.5 Å². The first kappa shape index (κ1) is 14.9. The highest BCUT2D eigenvalue weighted by atomic mass is 35.5. The molecule has 19 heavy (non-hydrogen) atoms. The Balaban J connectivity index is 1.63. The third-order valence-corrected chi connectivity index (χ3v) is 4.93. The third kappa shape index (κ3) is 4.81. The van der Waals surface area contributed by atoms with E-state index in [0.29, 0.717) is 5.41 Å². The van der Waals surface area contributed by atoms with E-state index in [9.17, 15) is 0 Å². The van der Waals surface area contributed by atoms with Gasteiger partial charge in [-0.3, -0.25) is 0 Å². The quantitative estimate of drug-likeness (QED) is 0.576. The summed E-state index contributed by atoms with van der Waals surface area (Å²) < 4.78 is 0. The van der Waals surface area contributed by atoms with Gasteiger partial charge in [-0.2, -0.15) is 0 Å². The zero-order chi connectivity index (χ0) is 13.4. The van der Waals surface area contributed by atoms with Gasteiger partial charge in [0.2, 0.25) is 0 Å². The van der Waals surface area contributed by atoms with Crippen LogP contribution in [0.15, 0.2) is 30.3 Å². The van der Waals surface area contributed by atoms with Gasteiger partial charge in [0.15, 0.2) is 0 Å². The van der Waals surface area contributed by atoms with E-state index in [0.717, 1.165) is 19.0 Å². The zero-order valence-electron chi connectivity index (χ0n) is 11.8. The summed E-state index contributed by atoms with van der Waals surface area (Å²) in [7, 11) is 0. The average molecular weight is 280 g/mol. The molecular weight excluding hydrogens is 254 g/mol. The van der Waals surface area contributed by atoms with Crippen molar-refractivity contribution in [2.24, 2.45) is 5.41 Å². The summed E-state index contributed by atoms with van der Waals surface area (Å²) in [6.07, 6.45) is 9.11. The van der Waals surface area contributed by atoms with E-state index in [-0.39, 0.29) is 0 Å². The molecule has 0 radical (unpaired) electrons. The first-order valence-electron chi connectivity index (χ1n) is 7.65. The lowest BCUT2D eigenvalue weighted by atomic mass is 9.75. The third-order valence-electron chi connectivity index (χ3n) is 4.36. The standard InChI is InChI=1S/C17H26ClN/c18-14-17(11-5-2-6-12-17)15-19-13-7-10-16-8-3-1-4-9-16/h1,3-4,8-9,19H,2,5-7,10-15H2. The average Bonchev–Trinajstić information content (AvgIpc) is 2.49. The van der Waals surface area contributed by atoms with Crippen LogP contribution in [0.3, 0.4) is 0 Å². The maximum atomic E-state index is 6.21. The number of aryl methyl sites for hydroxylation is 1. The van der Waals surface area contributed by atoms with Gasteiger partial charge in [0, 0.05) is 12.4 Å². The van der Waals surface area contributed by atoms with E-state index in [1.54, 1.807) is 0 Å². The highest BCUT2D eigenvalue weighted by Gasteiger charge is 2.30. The highest BCUT2D eigenvalue weighted by molar-refractivity contribution is 6.18. The fourth-order valence-electron chi connectivity index (χ4n) is 3.08. The summed E-state index contributed by atoms with van der Waals surface area (Å²) in [6.45, 7) is 2.21. The molecule has 0 aliphatic heterocycles. The first-order valence-corrected chi connectivity index (χ1v) is 8.19. The van der Waals surface area contributed by atoms with E-state index >= 15 is 0 Å². The molecule has 0 amide bonds. The molecule has 1 fully saturated rings. The Morgan fingerprint density at radius 2 is 1.79 bits per heavy atom. The van der Waals surface area contributed by atoms with Gasteiger partial charge in [-0.15, -0.1) is 11.6 Å². The molecule has 1 saturated carbocycles. The van der Waals surface area contributed by atoms with Crippen LogP contribution in [0.25, 0.3) is 0 Å². The molecular formula is C17H26ClN. The van der Waals surface area contributed by atoms with Gasteiger partial charge >= 0.3 is 0 Å². The Labute approximate surface area is 122 Å². The molecule has 1 aliphatic carbocycles. The number of hydrogen-bond acceptors (Lipinski definition) is 1. The molecule has 0 bridgehead atoms. The van der Waals surface area contributed by atoms with Gasteiger partial charge in [0.05, 0.1) is 0 Å². The molecule has 0 unspecified atom stereocenters. The molecule has 1 nitrogen and oxygen atoms in total. The van der Waals surface area contributed by atoms with Crippen LogP contribution in [0.4, 0.5) is 0 Å². The minimum atomic E-state index is 0.382. The summed E-state index contributed by atoms with van der Waals surface area (Å²) >= 11 is 6.21. The Morgan fingerprint density at radius 1 is 1.05 bits per heavy atom. The topological polar surface area (TPSA) is 12.0 Å². The number of benzene rings is 1. The van der Waals surface area contributed by atoms with Crippen LogP contribution in [0, 0.1) is 5.41 Å². The molecule has 0 atom stereocenters. The maximum Gasteiger partial charge on any atom is 0.0292 e. The molecule has 0 spiro atoms. The molecule has 1 N–H and O–H groups in total. The SMILES string of the molecule is ClCC1(CNCCCc2ccccc2)CCCCC1. The number of rotatable bonds is 7. The monoisotopic (exact) mass is 279 g/mol. The van der Waals surface area contributed by atoms with Crippen molar-refractivity contribution in [3.8, 4) is 0 Å². The van der Waals surface area contributed by atoms with E-state index in [2.05, 4.69) is 35.6 Å². The maximum absolute atomic E-state index is 6.21. The van der Waals surface area contributed by atoms with Crippen LogP contribution < -0.4 is 5.32 Å². The van der Waals surface area contributed by atoms with Crippen molar-refractivity contribution in [2.45, 2.75) is 44.9 Å². The van der Waals surface area contributed by atoms with Crippen LogP contribution in [0.5, 0.6) is 0 Å². The van der Waals surface area contributed by atoms with Crippen molar-refractivity contribution in [2.75, 3.05) is 19.0 Å². The Bertz CT molecular complexity index is 344. The van der Waals surface area contributed by atoms with Crippen molar-refractivity contribution < 1.29 is 0 Å². The number of hydrogen-bond donors (Lipinski definition) is 1. The second-order valence-corrected chi connectivity index (χ2v) is 6.23. The zero-order valence-corrected chi connectivity index (χ0v) is 12.6. The Morgan fingerprint density at radius 3 is 2.47 bits per heavy atom. The van der Waals surface area contributed by atoms with E-state index in [4.69, 9.17) is 11.6 Å². The van der Waals surface area contributed by atoms with Gasteiger partial charge in [-0.05, 0) is 43.2 Å². The second-order valence-electron chi connectivity index (χ2n) is 5.96. The number of halogens is 1. The molecule has 1 aromatic carbocycles. The molecule has 0 aromatic heterocycles. The van der Waals surface area contributed by atoms with Crippen LogP contribution in [-0.4, -0.2) is 19.0 Å². The largest absolute Gasteiger partial charge is 0.316 e. The van der Waals surface area contributed by atoms with Crippen LogP contribution in [0.1, 0.15) is 44.1 Å². The first-order chi connectivity index (χ1) is 9.35. The van der Waals surface area contributed by atoms with Crippen LogP contribution in [-0.2, 0) is 6.42 Å². The lowest BCUT2D eigenvalue weighted by Gasteiger charge is -2.35. The minimum absolute atomic E-state index is 0.382. The van der Waals surface area contributed by atoms with Gasteiger partial charge in [-0.25, -0.2) is 0 Å². The fraction of sp³-hybridized carbons (Fsp3) is 0.647. The molecule has 106 valence electrons. The lowest BCUT2D eigenvalue weighted by Crippen LogP contribution is -2.38. The predicted octanol–water partition coefficient (Wildman–Crippen LogP) is 4.40. The van der Waals surface area contributed by atoms with Crippen LogP contribution in [0.2, 0.25) is 0 Å². The summed E-state index contributed by atoms with van der Waals surface area (Å²) in [5, 5.41) is 3.63. The summed E-state index contributed by atoms with van der Waals surface area (Å²) in [5.41, 5.74) is 1.82. The highest BCUT2D eigenvalue weighted by Crippen LogP contribution is 2.36. The molecule has 1 aromatic rings. The Kier molecular flexibility index (Phi) is 6.19. The summed E-state index contributed by atoms with van der Waals surface area (Å²) in [4.78, 5) is 0. The van der Waals surface area contributed by atoms with Crippen molar-refractivity contribution in [1.29, 1.82) is 0 Å². The molecule has 0 heterocycles. The molecule has 0 saturated heterocycles. The van der Waals surface area contributed by atoms with Crippen molar-refractivity contribution in [3.63, 3.8) is 0 Å². The van der Waals surface area contributed by atoms with Gasteiger partial charge in [0.25, 0.3) is 0 Å². The van der Waals surface area contributed by atoms with E-state index in [1.807, 2.05) is 0 Å². The fourth-order valence-corrected chi connectivity index (χ4v) is 3.44. The van der Waals surface area contributed by atoms with E-state index < -0.39 is 0 Å². The smallest absolute Gasteiger partial charge is 0.0292 e. The number of nitrogens with one attached hydrogen (secondary N) is 1. The van der Waals surface area contributed by atoms with Gasteiger partial charge < -0.3 is 5.32 Å². The predicted molar refractivity (Wildman–Crippen MR) is 83.9 cm³/mol. The summed E-state index contributed by atoms with van der Waals surface area (Å²) in [5.74, 6) is 0.818. The molecule has 1 aliphatic rings. The minimum Gasteiger partial charge on any atom is -0.316 e. The van der Waals surface area contributed by atoms with Gasteiger partial charge in [0.1, 0.15) is 0 Å². The Hall–Kier alpha value is -0.530. The van der Waals surface area contributed by atoms with Crippen molar-refractivity contribution >= 4 is 11.6 Å². The van der Waals surface area contributed by atoms with Crippen molar-refractivity contribution in [3.05, 3.63) is 35.9 Å². The number of alkyl halides is 1. The lowest BCUT2D eigenvalue weighted by molar-refractivity contribution is 0.212.